The molecular formula is C13H20N4. The molecule has 0 aliphatic rings. The van der Waals surface area contributed by atoms with E-state index >= 15 is 0 Å². The van der Waals surface area contributed by atoms with Gasteiger partial charge in [0.1, 0.15) is 0 Å². The maximum atomic E-state index is 4.26. The predicted molar refractivity (Wildman–Crippen MR) is 71.9 cm³/mol. The van der Waals surface area contributed by atoms with Gasteiger partial charge >= 0.3 is 0 Å². The fourth-order valence-electron chi connectivity index (χ4n) is 1.59. The third-order valence-electron chi connectivity index (χ3n) is 2.34. The Bertz CT molecular complexity index is 391. The summed E-state index contributed by atoms with van der Waals surface area (Å²) in [5, 5.41) is 5.82. The van der Waals surface area contributed by atoms with Crippen LogP contribution in [0.2, 0.25) is 0 Å². The number of hydrogen-bond donors (Lipinski definition) is 0. The van der Waals surface area contributed by atoms with Crippen molar-refractivity contribution in [3.05, 3.63) is 29.9 Å². The van der Waals surface area contributed by atoms with Crippen LogP contribution in [-0.2, 0) is 0 Å². The average molecular weight is 232 g/mol. The maximum Gasteiger partial charge on any atom is 0.172 e. The van der Waals surface area contributed by atoms with Crippen LogP contribution in [0.25, 0.3) is 0 Å². The summed E-state index contributed by atoms with van der Waals surface area (Å²) in [4.78, 5) is 8.32. The molecule has 1 aromatic heterocycles. The third kappa shape index (κ3) is 3.66. The molecule has 1 heterocycles. The highest BCUT2D eigenvalue weighted by atomic mass is 15.5. The Balaban J connectivity index is 3.08. The monoisotopic (exact) mass is 232 g/mol. The van der Waals surface area contributed by atoms with Crippen LogP contribution in [0, 0.1) is 5.92 Å². The molecule has 0 aromatic carbocycles. The van der Waals surface area contributed by atoms with Crippen LogP contribution < -0.4 is 5.01 Å². The summed E-state index contributed by atoms with van der Waals surface area (Å²) in [6.07, 6.45) is 5.94. The summed E-state index contributed by atoms with van der Waals surface area (Å²) >= 11 is 0. The van der Waals surface area contributed by atoms with Gasteiger partial charge in [-0.3, -0.25) is 4.98 Å². The first-order valence-corrected chi connectivity index (χ1v) is 5.75. The largest absolute Gasteiger partial charge is 0.259 e. The van der Waals surface area contributed by atoms with E-state index in [9.17, 15) is 0 Å². The molecule has 4 heteroatoms. The summed E-state index contributed by atoms with van der Waals surface area (Å²) in [5.74, 6) is 1.26. The van der Waals surface area contributed by atoms with Gasteiger partial charge in [0, 0.05) is 24.8 Å². The van der Waals surface area contributed by atoms with E-state index in [0.29, 0.717) is 11.7 Å². The summed E-state index contributed by atoms with van der Waals surface area (Å²) in [6.45, 7) is 12.1. The SMILES string of the molecule is C=NN(C(CC(C)C)=C(C)C)c1cnccn1. The first-order chi connectivity index (χ1) is 8.06. The van der Waals surface area contributed by atoms with Crippen LogP contribution in [0.3, 0.4) is 0 Å². The van der Waals surface area contributed by atoms with Gasteiger partial charge in [-0.2, -0.15) is 5.10 Å². The van der Waals surface area contributed by atoms with Crippen molar-refractivity contribution < 1.29 is 0 Å². The van der Waals surface area contributed by atoms with Gasteiger partial charge in [-0.25, -0.2) is 9.99 Å². The number of nitrogens with zero attached hydrogens (tertiary/aromatic N) is 4. The van der Waals surface area contributed by atoms with E-state index in [4.69, 9.17) is 0 Å². The molecule has 4 nitrogen and oxygen atoms in total. The van der Waals surface area contributed by atoms with Gasteiger partial charge in [0.15, 0.2) is 5.82 Å². The van der Waals surface area contributed by atoms with E-state index in [1.807, 2.05) is 0 Å². The lowest BCUT2D eigenvalue weighted by molar-refractivity contribution is 0.620. The molecular weight excluding hydrogens is 212 g/mol. The minimum atomic E-state index is 0.556. The molecule has 1 rings (SSSR count). The first-order valence-electron chi connectivity index (χ1n) is 5.75. The highest BCUT2D eigenvalue weighted by Crippen LogP contribution is 2.24. The van der Waals surface area contributed by atoms with Gasteiger partial charge in [0.05, 0.1) is 6.20 Å². The van der Waals surface area contributed by atoms with E-state index in [1.54, 1.807) is 23.6 Å². The van der Waals surface area contributed by atoms with E-state index in [0.717, 1.165) is 12.1 Å². The summed E-state index contributed by atoms with van der Waals surface area (Å²) in [5.41, 5.74) is 2.35. The van der Waals surface area contributed by atoms with Crippen LogP contribution in [-0.4, -0.2) is 16.7 Å². The minimum Gasteiger partial charge on any atom is -0.259 e. The second kappa shape index (κ2) is 6.13. The Labute approximate surface area is 103 Å². The van der Waals surface area contributed by atoms with Crippen LogP contribution in [0.4, 0.5) is 5.82 Å². The fourth-order valence-corrected chi connectivity index (χ4v) is 1.59. The zero-order valence-corrected chi connectivity index (χ0v) is 11.0. The Morgan fingerprint density at radius 3 is 2.53 bits per heavy atom. The van der Waals surface area contributed by atoms with E-state index in [2.05, 4.69) is 49.5 Å². The van der Waals surface area contributed by atoms with Crippen LogP contribution >= 0.6 is 0 Å². The minimum absolute atomic E-state index is 0.556. The van der Waals surface area contributed by atoms with Gasteiger partial charge in [-0.1, -0.05) is 19.4 Å². The topological polar surface area (TPSA) is 41.4 Å². The fraction of sp³-hybridized carbons (Fsp3) is 0.462. The van der Waals surface area contributed by atoms with Gasteiger partial charge in [0.25, 0.3) is 0 Å². The third-order valence-corrected chi connectivity index (χ3v) is 2.34. The molecule has 0 saturated heterocycles. The molecule has 0 N–H and O–H groups in total. The molecule has 0 unspecified atom stereocenters. The smallest absolute Gasteiger partial charge is 0.172 e. The van der Waals surface area contributed by atoms with Crippen molar-refractivity contribution in [2.75, 3.05) is 5.01 Å². The first kappa shape index (κ1) is 13.4. The molecule has 0 fully saturated rings. The number of allylic oxidation sites excluding steroid dienone is 2. The number of hydrogen-bond acceptors (Lipinski definition) is 4. The van der Waals surface area contributed by atoms with Crippen molar-refractivity contribution in [2.45, 2.75) is 34.1 Å². The normalized spacial score (nSPS) is 10.2. The maximum absolute atomic E-state index is 4.26. The second-order valence-electron chi connectivity index (χ2n) is 4.56. The van der Waals surface area contributed by atoms with E-state index in [-0.39, 0.29) is 0 Å². The quantitative estimate of drug-likeness (QED) is 0.578. The summed E-state index contributed by atoms with van der Waals surface area (Å²) in [6, 6.07) is 0. The van der Waals surface area contributed by atoms with Crippen LogP contribution in [0.15, 0.2) is 35.0 Å². The van der Waals surface area contributed by atoms with Crippen LogP contribution in [0.5, 0.6) is 0 Å². The van der Waals surface area contributed by atoms with Gasteiger partial charge in [-0.15, -0.1) is 0 Å². The average Bonchev–Trinajstić information content (AvgIpc) is 2.29. The number of rotatable bonds is 5. The molecule has 0 bridgehead atoms. The highest BCUT2D eigenvalue weighted by molar-refractivity contribution is 5.47. The Morgan fingerprint density at radius 2 is 2.12 bits per heavy atom. The Morgan fingerprint density at radius 1 is 1.41 bits per heavy atom. The van der Waals surface area contributed by atoms with Crippen molar-refractivity contribution >= 4 is 12.5 Å². The summed E-state index contributed by atoms with van der Waals surface area (Å²) < 4.78 is 0. The van der Waals surface area contributed by atoms with Crippen molar-refractivity contribution in [1.82, 2.24) is 9.97 Å². The molecule has 0 amide bonds. The Hall–Kier alpha value is -1.71. The number of aromatic nitrogens is 2. The lowest BCUT2D eigenvalue weighted by atomic mass is 10.0. The van der Waals surface area contributed by atoms with Gasteiger partial charge in [0.2, 0.25) is 0 Å². The van der Waals surface area contributed by atoms with Crippen molar-refractivity contribution in [3.63, 3.8) is 0 Å². The zero-order valence-electron chi connectivity index (χ0n) is 11.0. The number of anilines is 1. The molecule has 1 aromatic rings. The van der Waals surface area contributed by atoms with Crippen molar-refractivity contribution in [2.24, 2.45) is 11.0 Å². The standard InChI is InChI=1S/C13H20N4/c1-10(2)8-12(11(3)4)17(14-5)13-9-15-6-7-16-13/h6-7,9-10H,5,8H2,1-4H3. The molecule has 0 spiro atoms. The lowest BCUT2D eigenvalue weighted by Gasteiger charge is -2.23. The summed E-state index contributed by atoms with van der Waals surface area (Å²) in [7, 11) is 0. The number of hydrazone groups is 1. The molecule has 0 atom stereocenters. The lowest BCUT2D eigenvalue weighted by Crippen LogP contribution is -2.19. The van der Waals surface area contributed by atoms with Crippen molar-refractivity contribution in [1.29, 1.82) is 0 Å². The molecule has 0 aliphatic carbocycles. The molecule has 0 saturated carbocycles. The van der Waals surface area contributed by atoms with E-state index < -0.39 is 0 Å². The molecule has 0 radical (unpaired) electrons. The van der Waals surface area contributed by atoms with Gasteiger partial charge < -0.3 is 0 Å². The molecule has 92 valence electrons. The molecule has 17 heavy (non-hydrogen) atoms. The van der Waals surface area contributed by atoms with Crippen LogP contribution in [0.1, 0.15) is 34.1 Å². The highest BCUT2D eigenvalue weighted by Gasteiger charge is 2.14. The Kier molecular flexibility index (Phi) is 4.82. The second-order valence-corrected chi connectivity index (χ2v) is 4.56. The zero-order chi connectivity index (χ0) is 12.8. The van der Waals surface area contributed by atoms with Crippen molar-refractivity contribution in [3.8, 4) is 0 Å². The van der Waals surface area contributed by atoms with Gasteiger partial charge in [-0.05, 0) is 26.2 Å². The predicted octanol–water partition coefficient (Wildman–Crippen LogP) is 3.24. The van der Waals surface area contributed by atoms with E-state index in [1.165, 1.54) is 5.57 Å². The molecule has 0 aliphatic heterocycles.